The van der Waals surface area contributed by atoms with Crippen LogP contribution >= 0.6 is 11.3 Å². The first-order chi connectivity index (χ1) is 15.9. The standard InChI is InChI=1S/C25H31N3O4S/c1-16(2)24-23(27-17(3)33-24)18-7-9-19(10-8-18)31-13-5-4-6-14-32-20-11-12-21(22(29)15-20)25(26)28-30/h7-12,15-16,29-30H,4-6,13-14H2,1-3H3,(H2,26,28). The molecule has 0 radical (unpaired) electrons. The Morgan fingerprint density at radius 1 is 1.03 bits per heavy atom. The summed E-state index contributed by atoms with van der Waals surface area (Å²) in [5, 5.41) is 22.6. The molecule has 0 aliphatic heterocycles. The molecule has 0 aliphatic carbocycles. The van der Waals surface area contributed by atoms with Gasteiger partial charge in [-0.15, -0.1) is 11.3 Å². The van der Waals surface area contributed by atoms with Crippen molar-refractivity contribution in [1.82, 2.24) is 4.98 Å². The van der Waals surface area contributed by atoms with Gasteiger partial charge in [0.05, 0.1) is 29.5 Å². The minimum Gasteiger partial charge on any atom is -0.507 e. The van der Waals surface area contributed by atoms with E-state index in [2.05, 4.69) is 31.1 Å². The molecule has 0 spiro atoms. The van der Waals surface area contributed by atoms with E-state index in [-0.39, 0.29) is 17.1 Å². The SMILES string of the molecule is Cc1nc(-c2ccc(OCCCCCOc3ccc(C(N)=NO)c(O)c3)cc2)c(C(C)C)s1. The normalized spacial score (nSPS) is 11.7. The summed E-state index contributed by atoms with van der Waals surface area (Å²) in [5.74, 6) is 1.61. The van der Waals surface area contributed by atoms with Crippen LogP contribution in [0, 0.1) is 6.92 Å². The molecule has 176 valence electrons. The Balaban J connectivity index is 1.37. The maximum atomic E-state index is 9.92. The third-order valence-electron chi connectivity index (χ3n) is 5.09. The van der Waals surface area contributed by atoms with E-state index in [1.54, 1.807) is 23.5 Å². The number of benzene rings is 2. The number of phenolic OH excluding ortho intramolecular Hbond substituents is 1. The van der Waals surface area contributed by atoms with Crippen LogP contribution in [0.5, 0.6) is 17.2 Å². The maximum Gasteiger partial charge on any atom is 0.173 e. The third kappa shape index (κ3) is 6.61. The number of hydrogen-bond acceptors (Lipinski definition) is 7. The molecule has 0 saturated carbocycles. The van der Waals surface area contributed by atoms with Gasteiger partial charge in [0.1, 0.15) is 17.2 Å². The van der Waals surface area contributed by atoms with Gasteiger partial charge in [0.15, 0.2) is 5.84 Å². The van der Waals surface area contributed by atoms with Crippen LogP contribution in [-0.2, 0) is 0 Å². The Morgan fingerprint density at radius 3 is 2.27 bits per heavy atom. The maximum absolute atomic E-state index is 9.92. The van der Waals surface area contributed by atoms with Crippen molar-refractivity contribution in [1.29, 1.82) is 0 Å². The van der Waals surface area contributed by atoms with Gasteiger partial charge in [-0.2, -0.15) is 0 Å². The van der Waals surface area contributed by atoms with Crippen LogP contribution in [0.3, 0.4) is 0 Å². The number of hydrogen-bond donors (Lipinski definition) is 3. The molecule has 0 amide bonds. The van der Waals surface area contributed by atoms with Gasteiger partial charge < -0.3 is 25.5 Å². The van der Waals surface area contributed by atoms with E-state index in [4.69, 9.17) is 25.4 Å². The van der Waals surface area contributed by atoms with Gasteiger partial charge in [-0.05, 0) is 68.5 Å². The van der Waals surface area contributed by atoms with E-state index in [0.717, 1.165) is 41.3 Å². The molecule has 2 aromatic carbocycles. The lowest BCUT2D eigenvalue weighted by molar-refractivity contribution is 0.279. The number of ether oxygens (including phenoxy) is 2. The summed E-state index contributed by atoms with van der Waals surface area (Å²) in [4.78, 5) is 6.03. The minimum atomic E-state index is -0.146. The Morgan fingerprint density at radius 2 is 1.67 bits per heavy atom. The van der Waals surface area contributed by atoms with Crippen LogP contribution in [-0.4, -0.2) is 34.3 Å². The average molecular weight is 470 g/mol. The monoisotopic (exact) mass is 469 g/mol. The van der Waals surface area contributed by atoms with Crippen molar-refractivity contribution < 1.29 is 19.8 Å². The van der Waals surface area contributed by atoms with Crippen LogP contribution in [0.15, 0.2) is 47.6 Å². The van der Waals surface area contributed by atoms with E-state index in [9.17, 15) is 5.11 Å². The summed E-state index contributed by atoms with van der Waals surface area (Å²) >= 11 is 1.76. The zero-order valence-electron chi connectivity index (χ0n) is 19.2. The Hall–Kier alpha value is -3.26. The highest BCUT2D eigenvalue weighted by Crippen LogP contribution is 2.34. The first-order valence-electron chi connectivity index (χ1n) is 11.0. The molecule has 1 aromatic heterocycles. The zero-order valence-corrected chi connectivity index (χ0v) is 20.1. The highest BCUT2D eigenvalue weighted by atomic mass is 32.1. The molecule has 7 nitrogen and oxygen atoms in total. The van der Waals surface area contributed by atoms with Gasteiger partial charge in [-0.25, -0.2) is 4.98 Å². The van der Waals surface area contributed by atoms with E-state index in [0.29, 0.717) is 24.9 Å². The summed E-state index contributed by atoms with van der Waals surface area (Å²) in [6.07, 6.45) is 2.75. The number of nitrogens with two attached hydrogens (primary N) is 1. The van der Waals surface area contributed by atoms with E-state index >= 15 is 0 Å². The summed E-state index contributed by atoms with van der Waals surface area (Å²) in [7, 11) is 0. The van der Waals surface area contributed by atoms with Gasteiger partial charge in [0, 0.05) is 16.5 Å². The predicted octanol–water partition coefficient (Wildman–Crippen LogP) is 5.67. The first kappa shape index (κ1) is 24.4. The quantitative estimate of drug-likeness (QED) is 0.110. The van der Waals surface area contributed by atoms with Crippen LogP contribution in [0.2, 0.25) is 0 Å². The fourth-order valence-electron chi connectivity index (χ4n) is 3.38. The lowest BCUT2D eigenvalue weighted by Gasteiger charge is -2.10. The van der Waals surface area contributed by atoms with Crippen LogP contribution < -0.4 is 15.2 Å². The third-order valence-corrected chi connectivity index (χ3v) is 6.36. The number of amidine groups is 1. The lowest BCUT2D eigenvalue weighted by Crippen LogP contribution is -2.13. The lowest BCUT2D eigenvalue weighted by atomic mass is 10.1. The van der Waals surface area contributed by atoms with E-state index < -0.39 is 0 Å². The smallest absolute Gasteiger partial charge is 0.173 e. The highest BCUT2D eigenvalue weighted by molar-refractivity contribution is 7.12. The summed E-state index contributed by atoms with van der Waals surface area (Å²) < 4.78 is 11.5. The zero-order chi connectivity index (χ0) is 23.8. The Labute approximate surface area is 198 Å². The van der Waals surface area contributed by atoms with Crippen molar-refractivity contribution in [3.05, 3.63) is 57.9 Å². The number of thiazole rings is 1. The van der Waals surface area contributed by atoms with Crippen molar-refractivity contribution in [2.75, 3.05) is 13.2 Å². The fraction of sp³-hybridized carbons (Fsp3) is 0.360. The van der Waals surface area contributed by atoms with Gasteiger partial charge in [0.25, 0.3) is 0 Å². The number of aromatic hydroxyl groups is 1. The molecule has 8 heteroatoms. The molecule has 1 heterocycles. The second kappa shape index (κ2) is 11.6. The molecule has 0 atom stereocenters. The topological polar surface area (TPSA) is 110 Å². The number of oxime groups is 1. The fourth-order valence-corrected chi connectivity index (χ4v) is 4.33. The van der Waals surface area contributed by atoms with E-state index in [1.165, 1.54) is 10.9 Å². The van der Waals surface area contributed by atoms with Crippen LogP contribution in [0.25, 0.3) is 11.3 Å². The van der Waals surface area contributed by atoms with E-state index in [1.807, 2.05) is 19.1 Å². The number of nitrogens with zero attached hydrogens (tertiary/aromatic N) is 2. The molecule has 4 N–H and O–H groups in total. The number of rotatable bonds is 11. The molecule has 0 fully saturated rings. The largest absolute Gasteiger partial charge is 0.507 e. The molecule has 0 saturated heterocycles. The molecule has 3 aromatic rings. The summed E-state index contributed by atoms with van der Waals surface area (Å²) in [6.45, 7) is 7.61. The molecule has 0 aliphatic rings. The average Bonchev–Trinajstić information content (AvgIpc) is 3.20. The predicted molar refractivity (Wildman–Crippen MR) is 132 cm³/mol. The second-order valence-corrected chi connectivity index (χ2v) is 9.28. The second-order valence-electron chi connectivity index (χ2n) is 8.05. The number of aryl methyl sites for hydroxylation is 1. The van der Waals surface area contributed by atoms with Crippen molar-refractivity contribution in [3.63, 3.8) is 0 Å². The highest BCUT2D eigenvalue weighted by Gasteiger charge is 2.14. The van der Waals surface area contributed by atoms with Gasteiger partial charge in [-0.3, -0.25) is 0 Å². The minimum absolute atomic E-state index is 0.0902. The van der Waals surface area contributed by atoms with Crippen molar-refractivity contribution in [2.24, 2.45) is 10.9 Å². The number of aromatic nitrogens is 1. The molecular weight excluding hydrogens is 438 g/mol. The van der Waals surface area contributed by atoms with Crippen LogP contribution in [0.1, 0.15) is 54.5 Å². The molecule has 0 unspecified atom stereocenters. The Kier molecular flexibility index (Phi) is 8.54. The molecule has 33 heavy (non-hydrogen) atoms. The van der Waals surface area contributed by atoms with Crippen molar-refractivity contribution in [2.45, 2.75) is 46.0 Å². The van der Waals surface area contributed by atoms with Gasteiger partial charge in [0.2, 0.25) is 0 Å². The molecule has 0 bridgehead atoms. The summed E-state index contributed by atoms with van der Waals surface area (Å²) in [5.41, 5.74) is 7.95. The summed E-state index contributed by atoms with van der Waals surface area (Å²) in [6, 6.07) is 12.8. The van der Waals surface area contributed by atoms with Gasteiger partial charge >= 0.3 is 0 Å². The molecular formula is C25H31N3O4S. The Bertz CT molecular complexity index is 1080. The first-order valence-corrected chi connectivity index (χ1v) is 11.8. The van der Waals surface area contributed by atoms with Crippen LogP contribution in [0.4, 0.5) is 0 Å². The van der Waals surface area contributed by atoms with Crippen molar-refractivity contribution in [3.8, 4) is 28.5 Å². The van der Waals surface area contributed by atoms with Crippen molar-refractivity contribution >= 4 is 17.2 Å². The number of phenols is 1. The molecule has 3 rings (SSSR count). The number of unbranched alkanes of at least 4 members (excludes halogenated alkanes) is 2. The van der Waals surface area contributed by atoms with Gasteiger partial charge in [-0.1, -0.05) is 19.0 Å².